The molecule has 84 valence electrons. The van der Waals surface area contributed by atoms with Crippen LogP contribution in [0.1, 0.15) is 5.69 Å². The molecule has 0 radical (unpaired) electrons. The van der Waals surface area contributed by atoms with Gasteiger partial charge in [-0.1, -0.05) is 0 Å². The van der Waals surface area contributed by atoms with Crippen LogP contribution in [0.25, 0.3) is 10.9 Å². The van der Waals surface area contributed by atoms with E-state index in [1.807, 2.05) is 18.5 Å². The molecule has 0 atom stereocenters. The van der Waals surface area contributed by atoms with Gasteiger partial charge in [-0.2, -0.15) is 0 Å². The van der Waals surface area contributed by atoms with Gasteiger partial charge in [-0.3, -0.25) is 9.88 Å². The van der Waals surface area contributed by atoms with Crippen molar-refractivity contribution in [3.8, 4) is 0 Å². The summed E-state index contributed by atoms with van der Waals surface area (Å²) in [6.07, 6.45) is 3.71. The lowest BCUT2D eigenvalue weighted by molar-refractivity contribution is 0.0337. The summed E-state index contributed by atoms with van der Waals surface area (Å²) in [7, 11) is 0. The monoisotopic (exact) mass is 217 g/mol. The normalized spacial score (nSPS) is 18.0. The van der Waals surface area contributed by atoms with E-state index in [4.69, 9.17) is 4.74 Å². The zero-order valence-corrected chi connectivity index (χ0v) is 9.15. The fraction of sp³-hybridized carbons (Fsp3) is 0.417. The lowest BCUT2D eigenvalue weighted by Crippen LogP contribution is -2.35. The molecule has 0 bridgehead atoms. The average Bonchev–Trinajstić information content (AvgIpc) is 2.72. The number of H-pyrrole nitrogens is 1. The molecule has 1 N–H and O–H groups in total. The molecule has 4 nitrogen and oxygen atoms in total. The number of aromatic amines is 1. The molecule has 4 heteroatoms. The molecular weight excluding hydrogens is 202 g/mol. The second-order valence-corrected chi connectivity index (χ2v) is 4.15. The third-order valence-electron chi connectivity index (χ3n) is 2.97. The molecule has 1 aliphatic heterocycles. The third-order valence-corrected chi connectivity index (χ3v) is 2.97. The fourth-order valence-corrected chi connectivity index (χ4v) is 2.12. The third kappa shape index (κ3) is 1.94. The van der Waals surface area contributed by atoms with Gasteiger partial charge in [0.25, 0.3) is 0 Å². The molecule has 2 aromatic rings. The highest BCUT2D eigenvalue weighted by molar-refractivity contribution is 5.79. The molecule has 0 saturated carbocycles. The summed E-state index contributed by atoms with van der Waals surface area (Å²) in [5, 5.41) is 1.19. The highest BCUT2D eigenvalue weighted by atomic mass is 16.5. The van der Waals surface area contributed by atoms with E-state index in [1.165, 1.54) is 16.6 Å². The van der Waals surface area contributed by atoms with Crippen LogP contribution >= 0.6 is 0 Å². The molecule has 0 unspecified atom stereocenters. The van der Waals surface area contributed by atoms with Crippen molar-refractivity contribution < 1.29 is 4.74 Å². The summed E-state index contributed by atoms with van der Waals surface area (Å²) in [6.45, 7) is 4.71. The Labute approximate surface area is 94.2 Å². The number of nitrogens with zero attached hydrogens (tertiary/aromatic N) is 2. The van der Waals surface area contributed by atoms with Crippen molar-refractivity contribution in [3.63, 3.8) is 0 Å². The van der Waals surface area contributed by atoms with Gasteiger partial charge in [-0.25, -0.2) is 0 Å². The van der Waals surface area contributed by atoms with Crippen LogP contribution in [-0.4, -0.2) is 41.2 Å². The van der Waals surface area contributed by atoms with E-state index >= 15 is 0 Å². The quantitative estimate of drug-likeness (QED) is 0.826. The van der Waals surface area contributed by atoms with Crippen LogP contribution in [0.15, 0.2) is 24.5 Å². The van der Waals surface area contributed by atoms with Gasteiger partial charge in [0.1, 0.15) is 0 Å². The Hall–Kier alpha value is -1.39. The summed E-state index contributed by atoms with van der Waals surface area (Å²) in [5.74, 6) is 0. The van der Waals surface area contributed by atoms with Gasteiger partial charge in [-0.15, -0.1) is 0 Å². The summed E-state index contributed by atoms with van der Waals surface area (Å²) >= 11 is 0. The van der Waals surface area contributed by atoms with Crippen LogP contribution in [0.4, 0.5) is 0 Å². The van der Waals surface area contributed by atoms with Crippen molar-refractivity contribution in [2.75, 3.05) is 26.3 Å². The Morgan fingerprint density at radius 1 is 1.38 bits per heavy atom. The van der Waals surface area contributed by atoms with Gasteiger partial charge in [-0.05, 0) is 12.1 Å². The smallest absolute Gasteiger partial charge is 0.0594 e. The van der Waals surface area contributed by atoms with Crippen LogP contribution in [0.5, 0.6) is 0 Å². The topological polar surface area (TPSA) is 41.2 Å². The van der Waals surface area contributed by atoms with E-state index in [1.54, 1.807) is 0 Å². The van der Waals surface area contributed by atoms with Gasteiger partial charge in [0.05, 0.1) is 13.2 Å². The molecule has 1 aliphatic rings. The van der Waals surface area contributed by atoms with E-state index in [-0.39, 0.29) is 0 Å². The second kappa shape index (κ2) is 4.23. The van der Waals surface area contributed by atoms with Gasteiger partial charge in [0.2, 0.25) is 0 Å². The predicted molar refractivity (Wildman–Crippen MR) is 62.2 cm³/mol. The second-order valence-electron chi connectivity index (χ2n) is 4.15. The van der Waals surface area contributed by atoms with Crippen molar-refractivity contribution in [1.82, 2.24) is 14.9 Å². The van der Waals surface area contributed by atoms with Crippen LogP contribution in [0.3, 0.4) is 0 Å². The molecule has 3 rings (SSSR count). The van der Waals surface area contributed by atoms with E-state index in [0.29, 0.717) is 0 Å². The number of morpholine rings is 1. The minimum atomic E-state index is 0.849. The first kappa shape index (κ1) is 9.81. The average molecular weight is 217 g/mol. The number of nitrogens with one attached hydrogen (secondary N) is 1. The Bertz CT molecular complexity index is 441. The number of aromatic nitrogens is 2. The van der Waals surface area contributed by atoms with Crippen LogP contribution < -0.4 is 0 Å². The van der Waals surface area contributed by atoms with Gasteiger partial charge < -0.3 is 9.72 Å². The van der Waals surface area contributed by atoms with Gasteiger partial charge in [0, 0.05) is 48.6 Å². The summed E-state index contributed by atoms with van der Waals surface area (Å²) in [6, 6.07) is 4.19. The van der Waals surface area contributed by atoms with Crippen molar-refractivity contribution in [2.24, 2.45) is 0 Å². The number of hydrogen-bond donors (Lipinski definition) is 1. The van der Waals surface area contributed by atoms with Crippen LogP contribution in [0, 0.1) is 0 Å². The highest BCUT2D eigenvalue weighted by Crippen LogP contribution is 2.15. The van der Waals surface area contributed by atoms with Gasteiger partial charge >= 0.3 is 0 Å². The minimum Gasteiger partial charge on any atom is -0.379 e. The van der Waals surface area contributed by atoms with E-state index in [2.05, 4.69) is 20.9 Å². The number of pyridine rings is 1. The van der Waals surface area contributed by atoms with Crippen LogP contribution in [0.2, 0.25) is 0 Å². The predicted octanol–water partition coefficient (Wildman–Crippen LogP) is 1.40. The summed E-state index contributed by atoms with van der Waals surface area (Å²) in [5.41, 5.74) is 2.42. The molecule has 2 aromatic heterocycles. The van der Waals surface area contributed by atoms with Crippen molar-refractivity contribution in [1.29, 1.82) is 0 Å². The Kier molecular flexibility index (Phi) is 2.60. The SMILES string of the molecule is c1cc2[nH]c(CN3CCOCC3)cc2cn1. The Morgan fingerprint density at radius 2 is 2.25 bits per heavy atom. The lowest BCUT2D eigenvalue weighted by Gasteiger charge is -2.25. The maximum Gasteiger partial charge on any atom is 0.0594 e. The van der Waals surface area contributed by atoms with E-state index in [0.717, 1.165) is 32.8 Å². The maximum atomic E-state index is 5.33. The molecule has 1 saturated heterocycles. The number of fused-ring (bicyclic) bond motifs is 1. The van der Waals surface area contributed by atoms with Crippen molar-refractivity contribution >= 4 is 10.9 Å². The standard InChI is InChI=1S/C12H15N3O/c1-2-13-8-10-7-11(14-12(1)10)9-15-3-5-16-6-4-15/h1-2,7-8,14H,3-6,9H2. The van der Waals surface area contributed by atoms with E-state index in [9.17, 15) is 0 Å². The zero-order valence-electron chi connectivity index (χ0n) is 9.15. The Balaban J connectivity index is 1.78. The number of rotatable bonds is 2. The molecule has 0 aromatic carbocycles. The first-order chi connectivity index (χ1) is 7.92. The van der Waals surface area contributed by atoms with Crippen molar-refractivity contribution in [2.45, 2.75) is 6.54 Å². The number of hydrogen-bond acceptors (Lipinski definition) is 3. The summed E-state index contributed by atoms with van der Waals surface area (Å²) in [4.78, 5) is 9.94. The molecule has 1 fully saturated rings. The molecule has 3 heterocycles. The molecular formula is C12H15N3O. The molecule has 0 spiro atoms. The highest BCUT2D eigenvalue weighted by Gasteiger charge is 2.11. The van der Waals surface area contributed by atoms with E-state index < -0.39 is 0 Å². The maximum absolute atomic E-state index is 5.33. The fourth-order valence-electron chi connectivity index (χ4n) is 2.12. The first-order valence-corrected chi connectivity index (χ1v) is 5.63. The van der Waals surface area contributed by atoms with Crippen molar-refractivity contribution in [3.05, 3.63) is 30.2 Å². The molecule has 0 aliphatic carbocycles. The van der Waals surface area contributed by atoms with Gasteiger partial charge in [0.15, 0.2) is 0 Å². The zero-order chi connectivity index (χ0) is 10.8. The largest absolute Gasteiger partial charge is 0.379 e. The van der Waals surface area contributed by atoms with Crippen LogP contribution in [-0.2, 0) is 11.3 Å². The molecule has 0 amide bonds. The minimum absolute atomic E-state index is 0.849. The number of ether oxygens (including phenoxy) is 1. The lowest BCUT2D eigenvalue weighted by atomic mass is 10.3. The first-order valence-electron chi connectivity index (χ1n) is 5.63. The Morgan fingerprint density at radius 3 is 3.06 bits per heavy atom. The summed E-state index contributed by atoms with van der Waals surface area (Å²) < 4.78 is 5.33. The molecule has 16 heavy (non-hydrogen) atoms.